The average Bonchev–Trinajstić information content (AvgIpc) is 3.33. The predicted octanol–water partition coefficient (Wildman–Crippen LogP) is 15.1. The van der Waals surface area contributed by atoms with E-state index in [1.807, 2.05) is 30.5 Å². The molecule has 2 heterocycles. The van der Waals surface area contributed by atoms with Gasteiger partial charge in [-0.2, -0.15) is 0 Å². The maximum Gasteiger partial charge on any atom is 0.160 e. The van der Waals surface area contributed by atoms with Crippen molar-refractivity contribution in [2.45, 2.75) is 0 Å². The number of nitrogens with zero attached hydrogens (tertiary/aromatic N) is 3. The van der Waals surface area contributed by atoms with Crippen LogP contribution in [-0.4, -0.2) is 15.0 Å². The molecule has 0 saturated heterocycles. The summed E-state index contributed by atoms with van der Waals surface area (Å²) in [5.74, 6) is 0.675. The van der Waals surface area contributed by atoms with Crippen LogP contribution in [0, 0.1) is 0 Å². The fourth-order valence-electron chi connectivity index (χ4n) is 9.31. The lowest BCUT2D eigenvalue weighted by molar-refractivity contribution is 1.18. The molecule has 3 nitrogen and oxygen atoms in total. The van der Waals surface area contributed by atoms with Crippen molar-refractivity contribution in [3.05, 3.63) is 212 Å². The van der Waals surface area contributed by atoms with Gasteiger partial charge in [0.2, 0.25) is 0 Å². The Morgan fingerprint density at radius 2 is 0.867 bits per heavy atom. The molecule has 12 aromatic rings. The molecule has 2 aromatic heterocycles. The number of pyridine rings is 1. The van der Waals surface area contributed by atoms with Gasteiger partial charge in [-0.05, 0) is 106 Å². The Bertz CT molecular complexity index is 3590. The molecule has 0 saturated carbocycles. The molecule has 0 aliphatic rings. The lowest BCUT2D eigenvalue weighted by Gasteiger charge is -2.18. The lowest BCUT2D eigenvalue weighted by Crippen LogP contribution is -1.97. The number of hydrogen-bond acceptors (Lipinski definition) is 3. The van der Waals surface area contributed by atoms with Crippen molar-refractivity contribution >= 4 is 53.9 Å². The van der Waals surface area contributed by atoms with Crippen molar-refractivity contribution in [1.82, 2.24) is 15.0 Å². The fourth-order valence-corrected chi connectivity index (χ4v) is 9.31. The minimum Gasteiger partial charge on any atom is -0.256 e. The van der Waals surface area contributed by atoms with Gasteiger partial charge in [0.15, 0.2) is 5.82 Å². The first-order chi connectivity index (χ1) is 29.7. The molecule has 60 heavy (non-hydrogen) atoms. The molecule has 12 rings (SSSR count). The molecule has 0 fully saturated rings. The Morgan fingerprint density at radius 1 is 0.267 bits per heavy atom. The second-order valence-corrected chi connectivity index (χ2v) is 15.5. The van der Waals surface area contributed by atoms with Crippen LogP contribution >= 0.6 is 0 Å². The molecule has 0 amide bonds. The molecule has 0 bridgehead atoms. The van der Waals surface area contributed by atoms with Crippen molar-refractivity contribution in [1.29, 1.82) is 0 Å². The van der Waals surface area contributed by atoms with Crippen LogP contribution in [0.1, 0.15) is 0 Å². The van der Waals surface area contributed by atoms with Gasteiger partial charge >= 0.3 is 0 Å². The molecule has 278 valence electrons. The Kier molecular flexibility index (Phi) is 7.85. The molecule has 0 spiro atoms. The average molecular weight is 762 g/mol. The van der Waals surface area contributed by atoms with E-state index in [2.05, 4.69) is 182 Å². The minimum atomic E-state index is 0.675. The third-order valence-corrected chi connectivity index (χ3v) is 12.1. The fraction of sp³-hybridized carbons (Fsp3) is 0. The summed E-state index contributed by atoms with van der Waals surface area (Å²) >= 11 is 0. The summed E-state index contributed by atoms with van der Waals surface area (Å²) in [6.45, 7) is 0. The highest BCUT2D eigenvalue weighted by molar-refractivity contribution is 6.28. The normalized spacial score (nSPS) is 11.7. The van der Waals surface area contributed by atoms with Crippen LogP contribution in [0.3, 0.4) is 0 Å². The summed E-state index contributed by atoms with van der Waals surface area (Å²) in [5, 5.41) is 12.6. The first kappa shape index (κ1) is 34.1. The van der Waals surface area contributed by atoms with Crippen molar-refractivity contribution < 1.29 is 0 Å². The van der Waals surface area contributed by atoms with Gasteiger partial charge in [-0.25, -0.2) is 9.97 Å². The van der Waals surface area contributed by atoms with E-state index in [-0.39, 0.29) is 0 Å². The van der Waals surface area contributed by atoms with Gasteiger partial charge < -0.3 is 0 Å². The van der Waals surface area contributed by atoms with E-state index >= 15 is 0 Å². The first-order valence-electron chi connectivity index (χ1n) is 20.4. The number of benzene rings is 10. The van der Waals surface area contributed by atoms with Crippen LogP contribution in [0.2, 0.25) is 0 Å². The molecule has 0 aliphatic carbocycles. The molecule has 0 atom stereocenters. The smallest absolute Gasteiger partial charge is 0.160 e. The van der Waals surface area contributed by atoms with Crippen LogP contribution in [0.15, 0.2) is 212 Å². The van der Waals surface area contributed by atoms with Crippen molar-refractivity contribution in [3.8, 4) is 67.4 Å². The molecule has 0 aliphatic heterocycles. The summed E-state index contributed by atoms with van der Waals surface area (Å²) in [6, 6.07) is 73.8. The Hall–Kier alpha value is -8.01. The quantitative estimate of drug-likeness (QED) is 0.158. The standard InChI is InChI=1S/C57H35N3/c1-2-13-36(14-3-1)53-35-54(48-22-9-8-21-47(48)52-23-10-11-32-58-52)60-57(59-53)41-17-12-16-39(33-41)43-28-24-37-27-31-50-46(29-25-38-26-30-49(43)55(37)56(38)50)51-34-40-15-4-5-18-42(40)44-19-6-7-20-45(44)51/h1-35H. The zero-order chi connectivity index (χ0) is 39.6. The zero-order valence-corrected chi connectivity index (χ0v) is 32.5. The second-order valence-electron chi connectivity index (χ2n) is 15.5. The third kappa shape index (κ3) is 5.55. The summed E-state index contributed by atoms with van der Waals surface area (Å²) in [4.78, 5) is 15.2. The van der Waals surface area contributed by atoms with Crippen LogP contribution in [0.5, 0.6) is 0 Å². The van der Waals surface area contributed by atoms with Crippen LogP contribution in [0.4, 0.5) is 0 Å². The number of aromatic nitrogens is 3. The van der Waals surface area contributed by atoms with E-state index in [1.54, 1.807) is 0 Å². The molecule has 10 aromatic carbocycles. The predicted molar refractivity (Wildman–Crippen MR) is 251 cm³/mol. The van der Waals surface area contributed by atoms with Crippen LogP contribution in [0.25, 0.3) is 121 Å². The maximum absolute atomic E-state index is 5.29. The van der Waals surface area contributed by atoms with Gasteiger partial charge in [-0.1, -0.05) is 176 Å². The van der Waals surface area contributed by atoms with E-state index in [0.29, 0.717) is 5.82 Å². The molecular formula is C57H35N3. The largest absolute Gasteiger partial charge is 0.256 e. The van der Waals surface area contributed by atoms with Crippen molar-refractivity contribution in [2.75, 3.05) is 0 Å². The highest BCUT2D eigenvalue weighted by atomic mass is 14.9. The van der Waals surface area contributed by atoms with Crippen molar-refractivity contribution in [3.63, 3.8) is 0 Å². The number of fused-ring (bicyclic) bond motifs is 3. The van der Waals surface area contributed by atoms with E-state index in [9.17, 15) is 0 Å². The summed E-state index contributed by atoms with van der Waals surface area (Å²) < 4.78 is 0. The summed E-state index contributed by atoms with van der Waals surface area (Å²) in [5.41, 5.74) is 11.5. The minimum absolute atomic E-state index is 0.675. The maximum atomic E-state index is 5.29. The molecule has 0 radical (unpaired) electrons. The van der Waals surface area contributed by atoms with Gasteiger partial charge in [0.25, 0.3) is 0 Å². The van der Waals surface area contributed by atoms with E-state index in [0.717, 1.165) is 44.9 Å². The van der Waals surface area contributed by atoms with Gasteiger partial charge in [-0.3, -0.25) is 4.98 Å². The highest BCUT2D eigenvalue weighted by Gasteiger charge is 2.19. The third-order valence-electron chi connectivity index (χ3n) is 12.1. The van der Waals surface area contributed by atoms with Gasteiger partial charge in [0, 0.05) is 28.5 Å². The molecule has 3 heteroatoms. The monoisotopic (exact) mass is 761 g/mol. The van der Waals surface area contributed by atoms with Gasteiger partial charge in [0.05, 0.1) is 17.1 Å². The highest BCUT2D eigenvalue weighted by Crippen LogP contribution is 2.45. The SMILES string of the molecule is c1ccc(-c2cc(-c3ccccc3-c3ccccn3)nc(-c3cccc(-c4ccc5ccc6c(-c7cc8ccccc8c8ccccc78)ccc7ccc4c5c76)c3)n2)cc1. The molecule has 0 unspecified atom stereocenters. The number of rotatable bonds is 6. The summed E-state index contributed by atoms with van der Waals surface area (Å²) in [7, 11) is 0. The second kappa shape index (κ2) is 13.8. The van der Waals surface area contributed by atoms with Gasteiger partial charge in [-0.15, -0.1) is 0 Å². The van der Waals surface area contributed by atoms with Crippen molar-refractivity contribution in [2.24, 2.45) is 0 Å². The van der Waals surface area contributed by atoms with E-state index < -0.39 is 0 Å². The topological polar surface area (TPSA) is 38.7 Å². The van der Waals surface area contributed by atoms with Crippen LogP contribution < -0.4 is 0 Å². The van der Waals surface area contributed by atoms with E-state index in [4.69, 9.17) is 15.0 Å². The zero-order valence-electron chi connectivity index (χ0n) is 32.5. The first-order valence-corrected chi connectivity index (χ1v) is 20.4. The van der Waals surface area contributed by atoms with E-state index in [1.165, 1.54) is 70.6 Å². The Morgan fingerprint density at radius 3 is 1.65 bits per heavy atom. The lowest BCUT2D eigenvalue weighted by atomic mass is 9.85. The van der Waals surface area contributed by atoms with Gasteiger partial charge in [0.1, 0.15) is 0 Å². The molecule has 0 N–H and O–H groups in total. The summed E-state index contributed by atoms with van der Waals surface area (Å²) in [6.07, 6.45) is 1.84. The number of hydrogen-bond donors (Lipinski definition) is 0. The Balaban J connectivity index is 1.03. The van der Waals surface area contributed by atoms with Crippen LogP contribution in [-0.2, 0) is 0 Å². The Labute approximate surface area is 347 Å². The molecular weight excluding hydrogens is 727 g/mol.